The molecule has 20 heavy (non-hydrogen) atoms. The van der Waals surface area contributed by atoms with Gasteiger partial charge in [-0.2, -0.15) is 0 Å². The lowest BCUT2D eigenvalue weighted by molar-refractivity contribution is 0.0125. The van der Waals surface area contributed by atoms with Crippen LogP contribution in [0.4, 0.5) is 8.78 Å². The summed E-state index contributed by atoms with van der Waals surface area (Å²) >= 11 is 0. The zero-order chi connectivity index (χ0) is 14.4. The maximum Gasteiger partial charge on any atom is 0.261 e. The van der Waals surface area contributed by atoms with Crippen molar-refractivity contribution in [3.05, 3.63) is 60.2 Å². The molecule has 0 spiro atoms. The fourth-order valence-corrected chi connectivity index (χ4v) is 1.93. The van der Waals surface area contributed by atoms with Crippen LogP contribution in [0.3, 0.4) is 0 Å². The van der Waals surface area contributed by atoms with Crippen molar-refractivity contribution in [3.8, 4) is 11.1 Å². The van der Waals surface area contributed by atoms with Gasteiger partial charge in [0.05, 0.1) is 12.6 Å². The topological polar surface area (TPSA) is 35.2 Å². The number of hydrogen-bond acceptors (Lipinski definition) is 2. The average Bonchev–Trinajstić information content (AvgIpc) is 2.48. The van der Waals surface area contributed by atoms with Gasteiger partial charge in [0, 0.05) is 0 Å². The monoisotopic (exact) mass is 277 g/mol. The average molecular weight is 277 g/mol. The Bertz CT molecular complexity index is 514. The number of ether oxygens (including phenoxy) is 1. The molecule has 0 saturated heterocycles. The number of nitrogens with two attached hydrogens (primary N) is 1. The minimum absolute atomic E-state index is 0.0923. The highest BCUT2D eigenvalue weighted by atomic mass is 19.3. The predicted octanol–water partition coefficient (Wildman–Crippen LogP) is 3.64. The fourth-order valence-electron chi connectivity index (χ4n) is 1.93. The summed E-state index contributed by atoms with van der Waals surface area (Å²) in [7, 11) is 0. The van der Waals surface area contributed by atoms with Gasteiger partial charge >= 0.3 is 0 Å². The Kier molecular flexibility index (Phi) is 5.21. The maximum atomic E-state index is 12.0. The van der Waals surface area contributed by atoms with E-state index in [0.29, 0.717) is 0 Å². The third-order valence-electron chi connectivity index (χ3n) is 2.99. The second kappa shape index (κ2) is 7.12. The summed E-state index contributed by atoms with van der Waals surface area (Å²) < 4.78 is 28.8. The molecule has 1 atom stereocenters. The lowest BCUT2D eigenvalue weighted by Gasteiger charge is -2.13. The van der Waals surface area contributed by atoms with Gasteiger partial charge in [-0.1, -0.05) is 54.6 Å². The zero-order valence-corrected chi connectivity index (χ0v) is 11.0. The summed E-state index contributed by atoms with van der Waals surface area (Å²) in [6.07, 6.45) is -2.46. The highest BCUT2D eigenvalue weighted by molar-refractivity contribution is 5.63. The molecule has 0 fully saturated rings. The lowest BCUT2D eigenvalue weighted by atomic mass is 10.0. The molecule has 2 N–H and O–H groups in total. The number of rotatable bonds is 6. The summed E-state index contributed by atoms with van der Waals surface area (Å²) in [5.41, 5.74) is 8.99. The Morgan fingerprint density at radius 3 is 2.05 bits per heavy atom. The summed E-state index contributed by atoms with van der Waals surface area (Å²) in [6, 6.07) is 17.3. The Morgan fingerprint density at radius 2 is 1.45 bits per heavy atom. The number of hydrogen-bond donors (Lipinski definition) is 1. The van der Waals surface area contributed by atoms with Gasteiger partial charge in [0.2, 0.25) is 0 Å². The van der Waals surface area contributed by atoms with Crippen LogP contribution < -0.4 is 5.73 Å². The molecular formula is C16H17F2NO. The quantitative estimate of drug-likeness (QED) is 0.875. The molecule has 0 heterocycles. The summed E-state index contributed by atoms with van der Waals surface area (Å²) in [5, 5.41) is 0. The minimum atomic E-state index is -2.46. The molecule has 106 valence electrons. The molecule has 0 aliphatic heterocycles. The largest absolute Gasteiger partial charge is 0.374 e. The van der Waals surface area contributed by atoms with Crippen LogP contribution in [-0.4, -0.2) is 19.6 Å². The molecule has 0 amide bonds. The van der Waals surface area contributed by atoms with E-state index in [2.05, 4.69) is 0 Å². The van der Waals surface area contributed by atoms with E-state index in [1.54, 1.807) is 0 Å². The van der Waals surface area contributed by atoms with Gasteiger partial charge in [0.1, 0.15) is 6.61 Å². The Balaban J connectivity index is 1.97. The van der Waals surface area contributed by atoms with Crippen molar-refractivity contribution in [2.45, 2.75) is 12.5 Å². The van der Waals surface area contributed by atoms with Gasteiger partial charge < -0.3 is 10.5 Å². The molecule has 0 aliphatic rings. The Hall–Kier alpha value is -1.78. The first-order chi connectivity index (χ1) is 9.66. The van der Waals surface area contributed by atoms with E-state index in [4.69, 9.17) is 10.5 Å². The van der Waals surface area contributed by atoms with Crippen LogP contribution in [0, 0.1) is 0 Å². The molecule has 2 rings (SSSR count). The second-order valence-electron chi connectivity index (χ2n) is 4.52. The van der Waals surface area contributed by atoms with Gasteiger partial charge in [-0.3, -0.25) is 0 Å². The van der Waals surface area contributed by atoms with Crippen LogP contribution >= 0.6 is 0 Å². The van der Waals surface area contributed by atoms with Gasteiger partial charge in [0.25, 0.3) is 6.43 Å². The first kappa shape index (κ1) is 14.6. The second-order valence-corrected chi connectivity index (χ2v) is 4.52. The van der Waals surface area contributed by atoms with Crippen molar-refractivity contribution in [1.29, 1.82) is 0 Å². The molecule has 2 aromatic rings. The number of benzene rings is 2. The molecule has 1 unspecified atom stereocenters. The maximum absolute atomic E-state index is 12.0. The molecule has 2 aromatic carbocycles. The molecule has 0 bridgehead atoms. The predicted molar refractivity (Wildman–Crippen MR) is 75.6 cm³/mol. The van der Waals surface area contributed by atoms with Crippen LogP contribution in [-0.2, 0) is 4.74 Å². The lowest BCUT2D eigenvalue weighted by Crippen LogP contribution is -2.19. The fraction of sp³-hybridized carbons (Fsp3) is 0.250. The standard InChI is InChI=1S/C16H17F2NO/c17-16(18)11-20-10-15(19)14-8-6-13(7-9-14)12-4-2-1-3-5-12/h1-9,15-16H,10-11,19H2. The minimum Gasteiger partial charge on any atom is -0.374 e. The van der Waals surface area contributed by atoms with Crippen molar-refractivity contribution in [3.63, 3.8) is 0 Å². The third-order valence-corrected chi connectivity index (χ3v) is 2.99. The van der Waals surface area contributed by atoms with E-state index in [0.717, 1.165) is 16.7 Å². The molecule has 0 saturated carbocycles. The highest BCUT2D eigenvalue weighted by Gasteiger charge is 2.09. The first-order valence-electron chi connectivity index (χ1n) is 6.43. The van der Waals surface area contributed by atoms with E-state index in [-0.39, 0.29) is 6.61 Å². The summed E-state index contributed by atoms with van der Waals surface area (Å²) in [6.45, 7) is -0.481. The molecule has 0 radical (unpaired) electrons. The third kappa shape index (κ3) is 4.11. The molecule has 0 aromatic heterocycles. The smallest absolute Gasteiger partial charge is 0.261 e. The summed E-state index contributed by atoms with van der Waals surface area (Å²) in [4.78, 5) is 0. The van der Waals surface area contributed by atoms with Crippen molar-refractivity contribution in [2.75, 3.05) is 13.2 Å². The van der Waals surface area contributed by atoms with Crippen LogP contribution in [0.2, 0.25) is 0 Å². The van der Waals surface area contributed by atoms with E-state index >= 15 is 0 Å². The van der Waals surface area contributed by atoms with E-state index < -0.39 is 19.1 Å². The molecular weight excluding hydrogens is 260 g/mol. The van der Waals surface area contributed by atoms with Crippen molar-refractivity contribution >= 4 is 0 Å². The highest BCUT2D eigenvalue weighted by Crippen LogP contribution is 2.21. The SMILES string of the molecule is NC(COCC(F)F)c1ccc(-c2ccccc2)cc1. The number of alkyl halides is 2. The van der Waals surface area contributed by atoms with Crippen LogP contribution in [0.5, 0.6) is 0 Å². The van der Waals surface area contributed by atoms with Gasteiger partial charge in [-0.05, 0) is 16.7 Å². The van der Waals surface area contributed by atoms with Gasteiger partial charge in [0.15, 0.2) is 0 Å². The Labute approximate surface area is 117 Å². The van der Waals surface area contributed by atoms with Gasteiger partial charge in [-0.15, -0.1) is 0 Å². The zero-order valence-electron chi connectivity index (χ0n) is 11.0. The number of halogens is 2. The molecule has 2 nitrogen and oxygen atoms in total. The van der Waals surface area contributed by atoms with Crippen LogP contribution in [0.25, 0.3) is 11.1 Å². The van der Waals surface area contributed by atoms with E-state index in [1.165, 1.54) is 0 Å². The molecule has 0 aliphatic carbocycles. The van der Waals surface area contributed by atoms with Gasteiger partial charge in [-0.25, -0.2) is 8.78 Å². The van der Waals surface area contributed by atoms with Crippen LogP contribution in [0.15, 0.2) is 54.6 Å². The van der Waals surface area contributed by atoms with Crippen molar-refractivity contribution in [1.82, 2.24) is 0 Å². The first-order valence-corrected chi connectivity index (χ1v) is 6.43. The van der Waals surface area contributed by atoms with Crippen molar-refractivity contribution in [2.24, 2.45) is 5.73 Å². The van der Waals surface area contributed by atoms with E-state index in [9.17, 15) is 8.78 Å². The Morgan fingerprint density at radius 1 is 0.850 bits per heavy atom. The van der Waals surface area contributed by atoms with Crippen molar-refractivity contribution < 1.29 is 13.5 Å². The molecule has 4 heteroatoms. The van der Waals surface area contributed by atoms with E-state index in [1.807, 2.05) is 54.6 Å². The summed E-state index contributed by atoms with van der Waals surface area (Å²) in [5.74, 6) is 0. The normalized spacial score (nSPS) is 12.6. The van der Waals surface area contributed by atoms with Crippen LogP contribution in [0.1, 0.15) is 11.6 Å².